The Morgan fingerprint density at radius 3 is 2.80 bits per heavy atom. The SMILES string of the molecule is COc1ccc(C)cc1NC(=O)CC1CCCN(c2cnn(CC3CC3)c(=O)c2)C1. The predicted octanol–water partition coefficient (Wildman–Crippen LogP) is 3.22. The first-order valence-electron chi connectivity index (χ1n) is 10.8. The number of nitrogens with zero attached hydrogens (tertiary/aromatic N) is 3. The zero-order chi connectivity index (χ0) is 21.1. The lowest BCUT2D eigenvalue weighted by atomic mass is 9.94. The largest absolute Gasteiger partial charge is 0.495 e. The number of aromatic nitrogens is 2. The predicted molar refractivity (Wildman–Crippen MR) is 117 cm³/mol. The lowest BCUT2D eigenvalue weighted by Gasteiger charge is -2.34. The van der Waals surface area contributed by atoms with E-state index in [-0.39, 0.29) is 17.4 Å². The van der Waals surface area contributed by atoms with Gasteiger partial charge in [-0.15, -0.1) is 0 Å². The summed E-state index contributed by atoms with van der Waals surface area (Å²) in [6.07, 6.45) is 6.63. The summed E-state index contributed by atoms with van der Waals surface area (Å²) in [4.78, 5) is 27.2. The van der Waals surface area contributed by atoms with Crippen LogP contribution in [0, 0.1) is 18.8 Å². The Labute approximate surface area is 177 Å². The van der Waals surface area contributed by atoms with E-state index in [1.165, 1.54) is 12.8 Å². The molecule has 7 heteroatoms. The average Bonchev–Trinajstić information content (AvgIpc) is 3.54. The first-order chi connectivity index (χ1) is 14.5. The summed E-state index contributed by atoms with van der Waals surface area (Å²) >= 11 is 0. The van der Waals surface area contributed by atoms with Gasteiger partial charge in [0.1, 0.15) is 5.75 Å². The summed E-state index contributed by atoms with van der Waals surface area (Å²) < 4.78 is 6.93. The molecule has 2 heterocycles. The van der Waals surface area contributed by atoms with E-state index in [4.69, 9.17) is 4.74 Å². The monoisotopic (exact) mass is 410 g/mol. The number of anilines is 2. The number of ether oxygens (including phenoxy) is 1. The molecule has 1 saturated carbocycles. The molecular formula is C23H30N4O3. The molecule has 4 rings (SSSR count). The second-order valence-electron chi connectivity index (χ2n) is 8.59. The highest BCUT2D eigenvalue weighted by Crippen LogP contribution is 2.30. The fourth-order valence-corrected chi connectivity index (χ4v) is 4.13. The van der Waals surface area contributed by atoms with Crippen molar-refractivity contribution in [2.45, 2.75) is 45.6 Å². The lowest BCUT2D eigenvalue weighted by Crippen LogP contribution is -2.38. The lowest BCUT2D eigenvalue weighted by molar-refractivity contribution is -0.117. The van der Waals surface area contributed by atoms with Gasteiger partial charge in [-0.2, -0.15) is 5.10 Å². The average molecular weight is 411 g/mol. The van der Waals surface area contributed by atoms with Crippen LogP contribution in [0.1, 0.15) is 37.7 Å². The molecular weight excluding hydrogens is 380 g/mol. The maximum atomic E-state index is 12.7. The number of methoxy groups -OCH3 is 1. The Morgan fingerprint density at radius 2 is 2.07 bits per heavy atom. The van der Waals surface area contributed by atoms with Crippen molar-refractivity contribution in [1.82, 2.24) is 9.78 Å². The fraction of sp³-hybridized carbons (Fsp3) is 0.522. The summed E-state index contributed by atoms with van der Waals surface area (Å²) in [7, 11) is 1.60. The van der Waals surface area contributed by atoms with Gasteiger partial charge in [0.15, 0.2) is 0 Å². The maximum absolute atomic E-state index is 12.7. The van der Waals surface area contributed by atoms with E-state index in [0.717, 1.165) is 43.7 Å². The van der Waals surface area contributed by atoms with Crippen LogP contribution in [-0.4, -0.2) is 35.9 Å². The molecule has 2 fully saturated rings. The number of aryl methyl sites for hydroxylation is 1. The molecule has 0 bridgehead atoms. The van der Waals surface area contributed by atoms with Gasteiger partial charge in [0, 0.05) is 32.1 Å². The van der Waals surface area contributed by atoms with Gasteiger partial charge in [0.25, 0.3) is 5.56 Å². The van der Waals surface area contributed by atoms with Gasteiger partial charge in [-0.3, -0.25) is 9.59 Å². The molecule has 1 atom stereocenters. The molecule has 1 amide bonds. The number of amides is 1. The van der Waals surface area contributed by atoms with Crippen molar-refractivity contribution in [2.24, 2.45) is 11.8 Å². The number of nitrogens with one attached hydrogen (secondary N) is 1. The van der Waals surface area contributed by atoms with Crippen molar-refractivity contribution in [3.05, 3.63) is 46.4 Å². The number of carbonyl (C=O) groups excluding carboxylic acids is 1. The van der Waals surface area contributed by atoms with Crippen molar-refractivity contribution in [2.75, 3.05) is 30.4 Å². The van der Waals surface area contributed by atoms with Crippen LogP contribution in [0.3, 0.4) is 0 Å². The van der Waals surface area contributed by atoms with Crippen LogP contribution >= 0.6 is 0 Å². The van der Waals surface area contributed by atoms with E-state index < -0.39 is 0 Å². The molecule has 0 spiro atoms. The number of piperidine rings is 1. The van der Waals surface area contributed by atoms with E-state index in [1.807, 2.05) is 25.1 Å². The molecule has 1 aromatic carbocycles. The van der Waals surface area contributed by atoms with Crippen LogP contribution in [0.5, 0.6) is 5.75 Å². The summed E-state index contributed by atoms with van der Waals surface area (Å²) in [5, 5.41) is 7.37. The van der Waals surface area contributed by atoms with Crippen LogP contribution in [0.2, 0.25) is 0 Å². The first kappa shape index (κ1) is 20.4. The summed E-state index contributed by atoms with van der Waals surface area (Å²) in [5.41, 5.74) is 2.60. The zero-order valence-corrected chi connectivity index (χ0v) is 17.8. The Bertz CT molecular complexity index is 967. The Morgan fingerprint density at radius 1 is 1.23 bits per heavy atom. The molecule has 30 heavy (non-hydrogen) atoms. The maximum Gasteiger partial charge on any atom is 0.268 e. The van der Waals surface area contributed by atoms with Gasteiger partial charge in [-0.1, -0.05) is 6.07 Å². The number of rotatable bonds is 7. The minimum absolute atomic E-state index is 0.0104. The second-order valence-corrected chi connectivity index (χ2v) is 8.59. The van der Waals surface area contributed by atoms with Gasteiger partial charge >= 0.3 is 0 Å². The normalized spacial score (nSPS) is 18.9. The van der Waals surface area contributed by atoms with Crippen molar-refractivity contribution < 1.29 is 9.53 Å². The molecule has 7 nitrogen and oxygen atoms in total. The number of carbonyl (C=O) groups is 1. The molecule has 1 aliphatic carbocycles. The first-order valence-corrected chi connectivity index (χ1v) is 10.8. The number of benzene rings is 1. The van der Waals surface area contributed by atoms with E-state index in [0.29, 0.717) is 23.8 Å². The quantitative estimate of drug-likeness (QED) is 0.759. The van der Waals surface area contributed by atoms with Gasteiger partial charge in [-0.05, 0) is 62.1 Å². The van der Waals surface area contributed by atoms with Gasteiger partial charge in [0.05, 0.1) is 24.7 Å². The molecule has 2 aromatic rings. The molecule has 1 aromatic heterocycles. The molecule has 1 aliphatic heterocycles. The highest BCUT2D eigenvalue weighted by molar-refractivity contribution is 5.92. The summed E-state index contributed by atoms with van der Waals surface area (Å²) in [5.74, 6) is 1.51. The fourth-order valence-electron chi connectivity index (χ4n) is 4.13. The minimum atomic E-state index is -0.0363. The Balaban J connectivity index is 1.37. The highest BCUT2D eigenvalue weighted by Gasteiger charge is 2.25. The van der Waals surface area contributed by atoms with Gasteiger partial charge in [0.2, 0.25) is 5.91 Å². The topological polar surface area (TPSA) is 76.5 Å². The van der Waals surface area contributed by atoms with E-state index in [9.17, 15) is 9.59 Å². The summed E-state index contributed by atoms with van der Waals surface area (Å²) in [6, 6.07) is 7.44. The Kier molecular flexibility index (Phi) is 6.06. The Hall–Kier alpha value is -2.83. The van der Waals surface area contributed by atoms with Gasteiger partial charge < -0.3 is 15.0 Å². The smallest absolute Gasteiger partial charge is 0.268 e. The zero-order valence-electron chi connectivity index (χ0n) is 17.8. The van der Waals surface area contributed by atoms with E-state index in [2.05, 4.69) is 15.3 Å². The molecule has 0 radical (unpaired) electrons. The number of hydrogen-bond donors (Lipinski definition) is 1. The van der Waals surface area contributed by atoms with Crippen molar-refractivity contribution in [3.8, 4) is 5.75 Å². The third-order valence-electron chi connectivity index (χ3n) is 5.97. The summed E-state index contributed by atoms with van der Waals surface area (Å²) in [6.45, 7) is 4.36. The third kappa shape index (κ3) is 5.01. The molecule has 2 aliphatic rings. The third-order valence-corrected chi connectivity index (χ3v) is 5.97. The molecule has 1 unspecified atom stereocenters. The van der Waals surface area contributed by atoms with Crippen LogP contribution in [0.15, 0.2) is 35.3 Å². The molecule has 1 N–H and O–H groups in total. The van der Waals surface area contributed by atoms with Crippen LogP contribution < -0.4 is 20.5 Å². The van der Waals surface area contributed by atoms with E-state index in [1.54, 1.807) is 24.1 Å². The minimum Gasteiger partial charge on any atom is -0.495 e. The van der Waals surface area contributed by atoms with Crippen LogP contribution in [-0.2, 0) is 11.3 Å². The molecule has 1 saturated heterocycles. The van der Waals surface area contributed by atoms with E-state index >= 15 is 0 Å². The van der Waals surface area contributed by atoms with Gasteiger partial charge in [-0.25, -0.2) is 4.68 Å². The highest BCUT2D eigenvalue weighted by atomic mass is 16.5. The van der Waals surface area contributed by atoms with Crippen LogP contribution in [0.25, 0.3) is 0 Å². The van der Waals surface area contributed by atoms with Crippen molar-refractivity contribution in [3.63, 3.8) is 0 Å². The number of hydrogen-bond acceptors (Lipinski definition) is 5. The van der Waals surface area contributed by atoms with Crippen molar-refractivity contribution in [1.29, 1.82) is 0 Å². The second kappa shape index (κ2) is 8.90. The molecule has 160 valence electrons. The van der Waals surface area contributed by atoms with Crippen molar-refractivity contribution >= 4 is 17.3 Å². The van der Waals surface area contributed by atoms with Crippen LogP contribution in [0.4, 0.5) is 11.4 Å². The standard InChI is InChI=1S/C23H30N4O3/c1-16-5-8-21(30-2)20(10-16)25-22(28)11-18-4-3-9-26(14-18)19-12-23(29)27(24-13-19)15-17-6-7-17/h5,8,10,12-13,17-18H,3-4,6-7,9,11,14-15H2,1-2H3,(H,25,28).